The Morgan fingerprint density at radius 3 is 2.25 bits per heavy atom. The van der Waals surface area contributed by atoms with Crippen LogP contribution in [0.4, 0.5) is 0 Å². The zero-order valence-electron chi connectivity index (χ0n) is 12.2. The highest BCUT2D eigenvalue weighted by Gasteiger charge is 2.40. The molecule has 2 aliphatic rings. The van der Waals surface area contributed by atoms with Crippen LogP contribution in [0.15, 0.2) is 12.1 Å². The van der Waals surface area contributed by atoms with Gasteiger partial charge in [0.2, 0.25) is 0 Å². The summed E-state index contributed by atoms with van der Waals surface area (Å²) in [6, 6.07) is 3.94. The third kappa shape index (κ3) is 2.27. The molecule has 4 heteroatoms. The highest BCUT2D eigenvalue weighted by atomic mass is 35.5. The van der Waals surface area contributed by atoms with Gasteiger partial charge in [-0.05, 0) is 24.5 Å². The monoisotopic (exact) mass is 295 g/mol. The fourth-order valence-electron chi connectivity index (χ4n) is 2.94. The second kappa shape index (κ2) is 4.81. The van der Waals surface area contributed by atoms with E-state index >= 15 is 0 Å². The molecule has 1 heterocycles. The zero-order valence-corrected chi connectivity index (χ0v) is 12.9. The molecule has 0 aromatic heterocycles. The van der Waals surface area contributed by atoms with Crippen molar-refractivity contribution in [2.75, 3.05) is 19.8 Å². The van der Waals surface area contributed by atoms with Gasteiger partial charge in [0.15, 0.2) is 11.5 Å². The summed E-state index contributed by atoms with van der Waals surface area (Å²) in [4.78, 5) is 0. The molecule has 0 saturated heterocycles. The summed E-state index contributed by atoms with van der Waals surface area (Å²) in [6.45, 7) is 6.19. The van der Waals surface area contributed by atoms with Gasteiger partial charge in [0, 0.05) is 28.5 Å². The molecule has 1 fully saturated rings. The first-order valence-electron chi connectivity index (χ1n) is 7.26. The Balaban J connectivity index is 1.98. The third-order valence-corrected chi connectivity index (χ3v) is 4.86. The third-order valence-electron chi connectivity index (χ3n) is 4.54. The van der Waals surface area contributed by atoms with Crippen LogP contribution in [-0.2, 0) is 5.41 Å². The second-order valence-electron chi connectivity index (χ2n) is 6.86. The number of rotatable bonds is 2. The minimum absolute atomic E-state index is 0.00762. The summed E-state index contributed by atoms with van der Waals surface area (Å²) in [6.07, 6.45) is 3.43. The van der Waals surface area contributed by atoms with Gasteiger partial charge in [-0.1, -0.05) is 31.9 Å². The first-order chi connectivity index (χ1) is 9.46. The first-order valence-corrected chi connectivity index (χ1v) is 7.63. The summed E-state index contributed by atoms with van der Waals surface area (Å²) in [5.74, 6) is 1.55. The molecule has 1 aliphatic carbocycles. The molecule has 3 nitrogen and oxygen atoms in total. The molecular weight excluding hydrogens is 274 g/mol. The lowest BCUT2D eigenvalue weighted by Gasteiger charge is -2.42. The molecule has 1 saturated carbocycles. The van der Waals surface area contributed by atoms with E-state index in [0.29, 0.717) is 19.8 Å². The number of hydrogen-bond donors (Lipinski definition) is 1. The van der Waals surface area contributed by atoms with Crippen molar-refractivity contribution < 1.29 is 9.47 Å². The van der Waals surface area contributed by atoms with Crippen LogP contribution in [0.5, 0.6) is 11.5 Å². The Kier molecular flexibility index (Phi) is 3.38. The van der Waals surface area contributed by atoms with Gasteiger partial charge in [-0.25, -0.2) is 0 Å². The highest BCUT2D eigenvalue weighted by molar-refractivity contribution is 6.31. The number of halogens is 1. The van der Waals surface area contributed by atoms with E-state index in [1.54, 1.807) is 0 Å². The van der Waals surface area contributed by atoms with Crippen molar-refractivity contribution >= 4 is 11.6 Å². The minimum atomic E-state index is 0.00762. The maximum absolute atomic E-state index is 6.47. The molecule has 0 radical (unpaired) electrons. The molecule has 3 rings (SSSR count). The van der Waals surface area contributed by atoms with Crippen LogP contribution in [0.25, 0.3) is 0 Å². The predicted octanol–water partition coefficient (Wildman–Crippen LogP) is 3.52. The van der Waals surface area contributed by atoms with Crippen LogP contribution < -0.4 is 15.2 Å². The lowest BCUT2D eigenvalue weighted by atomic mass is 9.64. The standard InChI is InChI=1S/C16H22ClNO2/c1-15(2)9-19-13-6-11(16(8-18)4-3-5-16)12(17)7-14(13)20-10-15/h6-7H,3-5,8-10,18H2,1-2H3. The number of hydrogen-bond acceptors (Lipinski definition) is 3. The Morgan fingerprint density at radius 2 is 1.75 bits per heavy atom. The van der Waals surface area contributed by atoms with Gasteiger partial charge < -0.3 is 15.2 Å². The topological polar surface area (TPSA) is 44.5 Å². The predicted molar refractivity (Wildman–Crippen MR) is 80.8 cm³/mol. The Hall–Kier alpha value is -0.930. The van der Waals surface area contributed by atoms with Crippen LogP contribution in [0.2, 0.25) is 5.02 Å². The summed E-state index contributed by atoms with van der Waals surface area (Å²) in [5.41, 5.74) is 7.16. The summed E-state index contributed by atoms with van der Waals surface area (Å²) < 4.78 is 11.8. The van der Waals surface area contributed by atoms with E-state index in [1.807, 2.05) is 12.1 Å². The summed E-state index contributed by atoms with van der Waals surface area (Å²) >= 11 is 6.47. The highest BCUT2D eigenvalue weighted by Crippen LogP contribution is 2.49. The van der Waals surface area contributed by atoms with E-state index in [0.717, 1.165) is 34.9 Å². The SMILES string of the molecule is CC1(C)COc2cc(Cl)c(C3(CN)CCC3)cc2OC1. The molecule has 0 atom stereocenters. The van der Waals surface area contributed by atoms with Crippen molar-refractivity contribution in [3.8, 4) is 11.5 Å². The lowest BCUT2D eigenvalue weighted by molar-refractivity contribution is 0.140. The molecule has 0 unspecified atom stereocenters. The van der Waals surface area contributed by atoms with E-state index in [9.17, 15) is 0 Å². The normalized spacial score (nSPS) is 22.8. The fourth-order valence-corrected chi connectivity index (χ4v) is 3.30. The van der Waals surface area contributed by atoms with Crippen molar-refractivity contribution in [3.63, 3.8) is 0 Å². The largest absolute Gasteiger partial charge is 0.489 e. The van der Waals surface area contributed by atoms with Gasteiger partial charge >= 0.3 is 0 Å². The van der Waals surface area contributed by atoms with Crippen molar-refractivity contribution in [3.05, 3.63) is 22.7 Å². The molecule has 110 valence electrons. The van der Waals surface area contributed by atoms with E-state index < -0.39 is 0 Å². The van der Waals surface area contributed by atoms with Crippen LogP contribution in [0, 0.1) is 5.41 Å². The number of ether oxygens (including phenoxy) is 2. The molecule has 1 aliphatic heterocycles. The van der Waals surface area contributed by atoms with Crippen LogP contribution in [-0.4, -0.2) is 19.8 Å². The van der Waals surface area contributed by atoms with Crippen molar-refractivity contribution in [2.24, 2.45) is 11.1 Å². The minimum Gasteiger partial charge on any atom is -0.489 e. The van der Waals surface area contributed by atoms with E-state index in [-0.39, 0.29) is 10.8 Å². The molecule has 0 bridgehead atoms. The van der Waals surface area contributed by atoms with Gasteiger partial charge in [-0.15, -0.1) is 0 Å². The first kappa shape index (κ1) is 14.0. The van der Waals surface area contributed by atoms with E-state index in [2.05, 4.69) is 13.8 Å². The van der Waals surface area contributed by atoms with Crippen LogP contribution in [0.1, 0.15) is 38.7 Å². The van der Waals surface area contributed by atoms with Gasteiger partial charge in [0.25, 0.3) is 0 Å². The molecule has 0 spiro atoms. The smallest absolute Gasteiger partial charge is 0.162 e. The van der Waals surface area contributed by atoms with Gasteiger partial charge in [0.1, 0.15) is 0 Å². The van der Waals surface area contributed by atoms with Crippen LogP contribution in [0.3, 0.4) is 0 Å². The second-order valence-corrected chi connectivity index (χ2v) is 7.27. The summed E-state index contributed by atoms with van der Waals surface area (Å²) in [7, 11) is 0. The summed E-state index contributed by atoms with van der Waals surface area (Å²) in [5, 5.41) is 0.747. The average Bonchev–Trinajstić information content (AvgIpc) is 2.49. The number of nitrogens with two attached hydrogens (primary N) is 1. The maximum atomic E-state index is 6.47. The Bertz CT molecular complexity index is 518. The van der Waals surface area contributed by atoms with Crippen molar-refractivity contribution in [2.45, 2.75) is 38.5 Å². The van der Waals surface area contributed by atoms with Crippen molar-refractivity contribution in [1.29, 1.82) is 0 Å². The Labute approximate surface area is 125 Å². The van der Waals surface area contributed by atoms with Gasteiger partial charge in [-0.3, -0.25) is 0 Å². The maximum Gasteiger partial charge on any atom is 0.162 e. The average molecular weight is 296 g/mol. The zero-order chi connectivity index (χ0) is 14.4. The number of fused-ring (bicyclic) bond motifs is 1. The van der Waals surface area contributed by atoms with Gasteiger partial charge in [0.05, 0.1) is 13.2 Å². The van der Waals surface area contributed by atoms with Crippen LogP contribution >= 0.6 is 11.6 Å². The van der Waals surface area contributed by atoms with Crippen molar-refractivity contribution in [1.82, 2.24) is 0 Å². The number of benzene rings is 1. The molecule has 0 amide bonds. The lowest BCUT2D eigenvalue weighted by Crippen LogP contribution is -2.41. The van der Waals surface area contributed by atoms with Gasteiger partial charge in [-0.2, -0.15) is 0 Å². The molecular formula is C16H22ClNO2. The molecule has 1 aromatic rings. The van der Waals surface area contributed by atoms with E-state index in [1.165, 1.54) is 6.42 Å². The Morgan fingerprint density at radius 1 is 1.15 bits per heavy atom. The molecule has 2 N–H and O–H groups in total. The molecule has 1 aromatic carbocycles. The quantitative estimate of drug-likeness (QED) is 0.908. The van der Waals surface area contributed by atoms with E-state index in [4.69, 9.17) is 26.8 Å². The fraction of sp³-hybridized carbons (Fsp3) is 0.625. The molecule has 20 heavy (non-hydrogen) atoms.